The topological polar surface area (TPSA) is 268 Å². The van der Waals surface area contributed by atoms with Crippen LogP contribution < -0.4 is 23.7 Å². The molecule has 4 rings (SSSR count). The zero-order valence-corrected chi connectivity index (χ0v) is 29.9. The number of esters is 2. The maximum atomic E-state index is 13.0. The van der Waals surface area contributed by atoms with E-state index in [-0.39, 0.29) is 17.2 Å². The molecule has 0 spiro atoms. The normalized spacial score (nSPS) is 28.2. The molecule has 0 saturated carbocycles. The summed E-state index contributed by atoms with van der Waals surface area (Å²) in [4.78, 5) is 25.6. The molecule has 2 heterocycles. The van der Waals surface area contributed by atoms with Gasteiger partial charge in [0.15, 0.2) is 35.4 Å². The van der Waals surface area contributed by atoms with Crippen molar-refractivity contribution in [2.24, 2.45) is 0 Å². The van der Waals surface area contributed by atoms with Gasteiger partial charge in [-0.1, -0.05) is 0 Å². The van der Waals surface area contributed by atoms with Gasteiger partial charge in [-0.2, -0.15) is 0 Å². The summed E-state index contributed by atoms with van der Waals surface area (Å²) in [6, 6.07) is 5.92. The highest BCUT2D eigenvalue weighted by Gasteiger charge is 2.60. The first-order valence-electron chi connectivity index (χ1n) is 16.2. The Kier molecular flexibility index (Phi) is 14.5. The lowest BCUT2D eigenvalue weighted by Gasteiger charge is -2.43. The smallest absolute Gasteiger partial charge is 0.331 e. The highest BCUT2D eigenvalue weighted by atomic mass is 16.8. The number of hydrogen-bond acceptors (Lipinski definition) is 19. The van der Waals surface area contributed by atoms with Gasteiger partial charge in [0.25, 0.3) is 0 Å². The molecule has 0 bridgehead atoms. The largest absolute Gasteiger partial charge is 0.502 e. The van der Waals surface area contributed by atoms with Crippen LogP contribution >= 0.6 is 0 Å². The Hall–Kier alpha value is -4.70. The minimum Gasteiger partial charge on any atom is -0.502 e. The number of aliphatic hydroxyl groups excluding tert-OH is 6. The fourth-order valence-corrected chi connectivity index (χ4v) is 5.67. The van der Waals surface area contributed by atoms with Crippen LogP contribution in [0.2, 0.25) is 0 Å². The van der Waals surface area contributed by atoms with Crippen molar-refractivity contribution < 1.29 is 92.7 Å². The molecule has 2 aromatic carbocycles. The standard InChI is InChI=1S/C35H44O19/c1-45-19-10-17(11-20(46-2)27(19)40)6-8-25(38)50-15-24-28(41)30(43)31(44)34(51-24)54-35(16-37)33(29(42)23(14-36)53-35)52-26(39)9-7-18-12-21(47-3)32(49-5)22(13-18)48-4/h6-13,23-24,28-31,33-34,36-37,40-44H,14-16H2,1-5H3/t23?,24?,28?,29?,30?,31?,33?,34?,35-/m0/s1. The third-order valence-electron chi connectivity index (χ3n) is 8.51. The van der Waals surface area contributed by atoms with Crippen LogP contribution in [0.3, 0.4) is 0 Å². The second kappa shape index (κ2) is 18.6. The average molecular weight is 769 g/mol. The minimum absolute atomic E-state index is 0.0773. The fraction of sp³-hybridized carbons (Fsp3) is 0.486. The van der Waals surface area contributed by atoms with Crippen molar-refractivity contribution in [3.8, 4) is 34.5 Å². The summed E-state index contributed by atoms with van der Waals surface area (Å²) in [6.45, 7) is -2.65. The van der Waals surface area contributed by atoms with Crippen LogP contribution in [0, 0.1) is 0 Å². The van der Waals surface area contributed by atoms with E-state index in [0.29, 0.717) is 28.4 Å². The number of carbonyl (C=O) groups excluding carboxylic acids is 2. The number of carbonyl (C=O) groups is 2. The first-order valence-corrected chi connectivity index (χ1v) is 16.2. The summed E-state index contributed by atoms with van der Waals surface area (Å²) in [7, 11) is 6.89. The molecule has 2 aliphatic heterocycles. The van der Waals surface area contributed by atoms with Gasteiger partial charge in [0, 0.05) is 12.2 Å². The molecule has 9 atom stereocenters. The number of phenolic OH excluding ortho intramolecular Hbond substituents is 1. The SMILES string of the molecule is COc1cc(C=CC(=O)OCC2OC(O[C@]3(CO)OC(CO)C(O)C3OC(=O)C=Cc3cc(OC)c(OC)c(OC)c3)C(O)C(O)C2O)cc(OC)c1O. The van der Waals surface area contributed by atoms with Crippen molar-refractivity contribution in [1.29, 1.82) is 0 Å². The Morgan fingerprint density at radius 2 is 1.26 bits per heavy atom. The van der Waals surface area contributed by atoms with E-state index in [1.165, 1.54) is 72.0 Å². The minimum atomic E-state index is -2.49. The number of methoxy groups -OCH3 is 5. The molecule has 2 fully saturated rings. The van der Waals surface area contributed by atoms with Crippen LogP contribution in [0.25, 0.3) is 12.2 Å². The van der Waals surface area contributed by atoms with Crippen molar-refractivity contribution in [2.75, 3.05) is 55.4 Å². The highest BCUT2D eigenvalue weighted by Crippen LogP contribution is 2.40. The molecule has 19 heteroatoms. The van der Waals surface area contributed by atoms with Crippen molar-refractivity contribution in [2.45, 2.75) is 54.8 Å². The van der Waals surface area contributed by atoms with E-state index in [1.54, 1.807) is 0 Å². The zero-order chi connectivity index (χ0) is 39.7. The van der Waals surface area contributed by atoms with Gasteiger partial charge in [0.2, 0.25) is 17.3 Å². The molecule has 2 aliphatic rings. The first kappa shape index (κ1) is 42.0. The third-order valence-corrected chi connectivity index (χ3v) is 8.51. The Balaban J connectivity index is 1.49. The molecule has 8 unspecified atom stereocenters. The molecule has 7 N–H and O–H groups in total. The second-order valence-corrected chi connectivity index (χ2v) is 11.8. The number of phenols is 1. The monoisotopic (exact) mass is 768 g/mol. The fourth-order valence-electron chi connectivity index (χ4n) is 5.67. The van der Waals surface area contributed by atoms with E-state index < -0.39 is 86.6 Å². The van der Waals surface area contributed by atoms with E-state index in [4.69, 9.17) is 47.4 Å². The van der Waals surface area contributed by atoms with Crippen LogP contribution in [-0.4, -0.2) is 158 Å². The van der Waals surface area contributed by atoms with Crippen LogP contribution in [0.15, 0.2) is 36.4 Å². The van der Waals surface area contributed by atoms with E-state index in [2.05, 4.69) is 0 Å². The predicted octanol–water partition coefficient (Wildman–Crippen LogP) is -1.12. The number of aromatic hydroxyl groups is 1. The van der Waals surface area contributed by atoms with Gasteiger partial charge in [-0.3, -0.25) is 0 Å². The molecule has 298 valence electrons. The number of benzene rings is 2. The maximum Gasteiger partial charge on any atom is 0.331 e. The van der Waals surface area contributed by atoms with Gasteiger partial charge in [0.05, 0.1) is 42.2 Å². The molecule has 19 nitrogen and oxygen atoms in total. The predicted molar refractivity (Wildman–Crippen MR) is 182 cm³/mol. The van der Waals surface area contributed by atoms with Crippen LogP contribution in [0.1, 0.15) is 11.1 Å². The van der Waals surface area contributed by atoms with Crippen LogP contribution in [0.5, 0.6) is 34.5 Å². The Morgan fingerprint density at radius 3 is 1.76 bits per heavy atom. The molecule has 0 aliphatic carbocycles. The van der Waals surface area contributed by atoms with Gasteiger partial charge in [-0.25, -0.2) is 9.59 Å². The molecule has 2 aromatic rings. The van der Waals surface area contributed by atoms with Crippen molar-refractivity contribution in [3.05, 3.63) is 47.5 Å². The zero-order valence-electron chi connectivity index (χ0n) is 29.9. The van der Waals surface area contributed by atoms with E-state index >= 15 is 0 Å². The summed E-state index contributed by atoms with van der Waals surface area (Å²) >= 11 is 0. The quantitative estimate of drug-likeness (QED) is 0.0788. The van der Waals surface area contributed by atoms with Gasteiger partial charge in [-0.15, -0.1) is 0 Å². The molecule has 0 amide bonds. The summed E-state index contributed by atoms with van der Waals surface area (Å²) in [5.41, 5.74) is 0.803. The van der Waals surface area contributed by atoms with Crippen molar-refractivity contribution in [1.82, 2.24) is 0 Å². The lowest BCUT2D eigenvalue weighted by molar-refractivity contribution is -0.383. The first-order chi connectivity index (χ1) is 25.8. The lowest BCUT2D eigenvalue weighted by atomic mass is 9.98. The Morgan fingerprint density at radius 1 is 0.722 bits per heavy atom. The van der Waals surface area contributed by atoms with Crippen molar-refractivity contribution >= 4 is 24.1 Å². The van der Waals surface area contributed by atoms with Crippen LogP contribution in [0.4, 0.5) is 0 Å². The highest BCUT2D eigenvalue weighted by molar-refractivity contribution is 5.88. The molecule has 0 aromatic heterocycles. The van der Waals surface area contributed by atoms with Crippen molar-refractivity contribution in [3.63, 3.8) is 0 Å². The summed E-state index contributed by atoms with van der Waals surface area (Å²) in [5, 5.41) is 73.3. The van der Waals surface area contributed by atoms with Gasteiger partial charge >= 0.3 is 11.9 Å². The van der Waals surface area contributed by atoms with E-state index in [1.807, 2.05) is 0 Å². The van der Waals surface area contributed by atoms with Crippen LogP contribution in [-0.2, 0) is 33.3 Å². The summed E-state index contributed by atoms with van der Waals surface area (Å²) < 4.78 is 53.6. The summed E-state index contributed by atoms with van der Waals surface area (Å²) in [5.74, 6) is -3.69. The Bertz CT molecular complexity index is 1610. The van der Waals surface area contributed by atoms with Gasteiger partial charge < -0.3 is 83.1 Å². The number of hydrogen-bond donors (Lipinski definition) is 7. The lowest BCUT2D eigenvalue weighted by Crippen LogP contribution is -2.63. The molecular weight excluding hydrogens is 724 g/mol. The average Bonchev–Trinajstić information content (AvgIpc) is 3.44. The molecular formula is C35H44O19. The van der Waals surface area contributed by atoms with Gasteiger partial charge in [-0.05, 0) is 47.5 Å². The van der Waals surface area contributed by atoms with Gasteiger partial charge in [0.1, 0.15) is 49.8 Å². The maximum absolute atomic E-state index is 13.0. The van der Waals surface area contributed by atoms with E-state index in [9.17, 15) is 45.3 Å². The number of rotatable bonds is 16. The second-order valence-electron chi connectivity index (χ2n) is 11.8. The molecule has 0 radical (unpaired) electrons. The van der Waals surface area contributed by atoms with E-state index in [0.717, 1.165) is 12.2 Å². The summed E-state index contributed by atoms with van der Waals surface area (Å²) in [6.07, 6.45) is -9.75. The Labute approximate surface area is 309 Å². The molecule has 2 saturated heterocycles. The molecule has 54 heavy (non-hydrogen) atoms. The number of ether oxygens (including phenoxy) is 10. The number of aliphatic hydroxyl groups is 6. The third kappa shape index (κ3) is 9.14.